The van der Waals surface area contributed by atoms with Crippen molar-refractivity contribution in [1.29, 1.82) is 0 Å². The van der Waals surface area contributed by atoms with Crippen LogP contribution in [0.25, 0.3) is 0 Å². The summed E-state index contributed by atoms with van der Waals surface area (Å²) in [6, 6.07) is 11.0. The minimum absolute atomic E-state index is 0.203. The molecule has 1 saturated heterocycles. The molecule has 0 aliphatic carbocycles. The SMILES string of the molecule is Brc1ccc(C2(CNCc3ccsc3)CCOCC2)cc1. The second-order valence-electron chi connectivity index (χ2n) is 5.63. The first kappa shape index (κ1) is 15.2. The third-order valence-electron chi connectivity index (χ3n) is 4.28. The fraction of sp³-hybridized carbons (Fsp3) is 0.412. The van der Waals surface area contributed by atoms with Crippen LogP contribution in [0, 0.1) is 0 Å². The molecule has 0 unspecified atom stereocenters. The molecule has 1 aliphatic rings. The molecule has 0 radical (unpaired) electrons. The van der Waals surface area contributed by atoms with E-state index in [4.69, 9.17) is 4.74 Å². The molecule has 2 heterocycles. The Bertz CT molecular complexity index is 547. The number of rotatable bonds is 5. The first-order valence-corrected chi connectivity index (χ1v) is 9.08. The summed E-state index contributed by atoms with van der Waals surface area (Å²) in [6.07, 6.45) is 2.18. The molecule has 112 valence electrons. The zero-order valence-corrected chi connectivity index (χ0v) is 14.4. The van der Waals surface area contributed by atoms with Crippen LogP contribution in [0.4, 0.5) is 0 Å². The number of halogens is 1. The van der Waals surface area contributed by atoms with Crippen LogP contribution in [0.1, 0.15) is 24.0 Å². The summed E-state index contributed by atoms with van der Waals surface area (Å²) in [5, 5.41) is 8.00. The van der Waals surface area contributed by atoms with Crippen LogP contribution >= 0.6 is 27.3 Å². The predicted octanol–water partition coefficient (Wildman–Crippen LogP) is 4.35. The van der Waals surface area contributed by atoms with E-state index >= 15 is 0 Å². The van der Waals surface area contributed by atoms with Crippen LogP contribution in [-0.2, 0) is 16.7 Å². The fourth-order valence-corrected chi connectivity index (χ4v) is 3.91. The van der Waals surface area contributed by atoms with Gasteiger partial charge in [0.15, 0.2) is 0 Å². The number of nitrogens with one attached hydrogen (secondary N) is 1. The zero-order valence-electron chi connectivity index (χ0n) is 12.0. The van der Waals surface area contributed by atoms with E-state index in [1.165, 1.54) is 11.1 Å². The standard InChI is InChI=1S/C17H20BrNOS/c18-16-3-1-15(2-4-16)17(6-8-20-9-7-17)13-19-11-14-5-10-21-12-14/h1-5,10,12,19H,6-9,11,13H2. The molecule has 2 nitrogen and oxygen atoms in total. The summed E-state index contributed by atoms with van der Waals surface area (Å²) in [5.74, 6) is 0. The molecular formula is C17H20BrNOS. The third kappa shape index (κ3) is 3.75. The van der Waals surface area contributed by atoms with Gasteiger partial charge < -0.3 is 10.1 Å². The average molecular weight is 366 g/mol. The van der Waals surface area contributed by atoms with Gasteiger partial charge in [-0.1, -0.05) is 28.1 Å². The summed E-state index contributed by atoms with van der Waals surface area (Å²) < 4.78 is 6.73. The van der Waals surface area contributed by atoms with E-state index in [9.17, 15) is 0 Å². The third-order valence-corrected chi connectivity index (χ3v) is 5.54. The Hall–Kier alpha value is -0.680. The smallest absolute Gasteiger partial charge is 0.0475 e. The van der Waals surface area contributed by atoms with Crippen LogP contribution < -0.4 is 5.32 Å². The topological polar surface area (TPSA) is 21.3 Å². The van der Waals surface area contributed by atoms with Crippen LogP contribution in [0.5, 0.6) is 0 Å². The molecule has 1 N–H and O–H groups in total. The van der Waals surface area contributed by atoms with Gasteiger partial charge in [0, 0.05) is 36.2 Å². The molecule has 1 aromatic carbocycles. The summed E-state index contributed by atoms with van der Waals surface area (Å²) in [7, 11) is 0. The van der Waals surface area contributed by atoms with E-state index in [0.29, 0.717) is 0 Å². The summed E-state index contributed by atoms with van der Waals surface area (Å²) >= 11 is 5.28. The maximum absolute atomic E-state index is 5.59. The van der Waals surface area contributed by atoms with Gasteiger partial charge in [0.25, 0.3) is 0 Å². The maximum Gasteiger partial charge on any atom is 0.0475 e. The quantitative estimate of drug-likeness (QED) is 0.850. The van der Waals surface area contributed by atoms with Gasteiger partial charge in [0.05, 0.1) is 0 Å². The summed E-state index contributed by atoms with van der Waals surface area (Å²) in [6.45, 7) is 3.67. The summed E-state index contributed by atoms with van der Waals surface area (Å²) in [4.78, 5) is 0. The van der Waals surface area contributed by atoms with Gasteiger partial charge >= 0.3 is 0 Å². The minimum Gasteiger partial charge on any atom is -0.381 e. The molecule has 0 spiro atoms. The molecule has 1 fully saturated rings. The zero-order chi connectivity index (χ0) is 14.5. The second kappa shape index (κ2) is 7.05. The van der Waals surface area contributed by atoms with Crippen LogP contribution in [0.15, 0.2) is 45.6 Å². The van der Waals surface area contributed by atoms with Crippen molar-refractivity contribution in [2.45, 2.75) is 24.8 Å². The highest BCUT2D eigenvalue weighted by Gasteiger charge is 2.33. The summed E-state index contributed by atoms with van der Waals surface area (Å²) in [5.41, 5.74) is 3.00. The van der Waals surface area contributed by atoms with Crippen LogP contribution in [0.3, 0.4) is 0 Å². The Morgan fingerprint density at radius 3 is 2.57 bits per heavy atom. The van der Waals surface area contributed by atoms with E-state index < -0.39 is 0 Å². The molecule has 21 heavy (non-hydrogen) atoms. The number of thiophene rings is 1. The Labute approximate surface area is 138 Å². The van der Waals surface area contributed by atoms with Crippen LogP contribution in [-0.4, -0.2) is 19.8 Å². The Morgan fingerprint density at radius 1 is 1.14 bits per heavy atom. The highest BCUT2D eigenvalue weighted by Crippen LogP contribution is 2.35. The first-order chi connectivity index (χ1) is 10.3. The lowest BCUT2D eigenvalue weighted by atomic mass is 9.74. The monoisotopic (exact) mass is 365 g/mol. The average Bonchev–Trinajstić information content (AvgIpc) is 3.02. The normalized spacial score (nSPS) is 17.8. The van der Waals surface area contributed by atoms with Gasteiger partial charge in [-0.05, 0) is 52.9 Å². The van der Waals surface area contributed by atoms with E-state index in [0.717, 1.165) is 43.6 Å². The van der Waals surface area contributed by atoms with E-state index in [2.05, 4.69) is 62.3 Å². The van der Waals surface area contributed by atoms with Crippen molar-refractivity contribution in [1.82, 2.24) is 5.32 Å². The van der Waals surface area contributed by atoms with Gasteiger partial charge in [-0.15, -0.1) is 0 Å². The van der Waals surface area contributed by atoms with E-state index in [-0.39, 0.29) is 5.41 Å². The molecule has 0 amide bonds. The van der Waals surface area contributed by atoms with Crippen molar-refractivity contribution in [3.05, 3.63) is 56.7 Å². The molecule has 0 atom stereocenters. The van der Waals surface area contributed by atoms with Gasteiger partial charge in [-0.2, -0.15) is 11.3 Å². The molecule has 0 bridgehead atoms. The van der Waals surface area contributed by atoms with Gasteiger partial charge in [0.1, 0.15) is 0 Å². The molecule has 1 aromatic heterocycles. The van der Waals surface area contributed by atoms with E-state index in [1.54, 1.807) is 11.3 Å². The highest BCUT2D eigenvalue weighted by molar-refractivity contribution is 9.10. The second-order valence-corrected chi connectivity index (χ2v) is 7.33. The van der Waals surface area contributed by atoms with Crippen molar-refractivity contribution in [2.75, 3.05) is 19.8 Å². The molecule has 2 aromatic rings. The van der Waals surface area contributed by atoms with Gasteiger partial charge in [-0.25, -0.2) is 0 Å². The molecule has 3 rings (SSSR count). The Kier molecular flexibility index (Phi) is 5.11. The lowest BCUT2D eigenvalue weighted by Crippen LogP contribution is -2.42. The maximum atomic E-state index is 5.59. The molecule has 4 heteroatoms. The van der Waals surface area contributed by atoms with Crippen molar-refractivity contribution < 1.29 is 4.74 Å². The van der Waals surface area contributed by atoms with Crippen molar-refractivity contribution >= 4 is 27.3 Å². The molecule has 0 saturated carbocycles. The number of hydrogen-bond donors (Lipinski definition) is 1. The number of ether oxygens (including phenoxy) is 1. The van der Waals surface area contributed by atoms with Crippen molar-refractivity contribution in [3.8, 4) is 0 Å². The number of benzene rings is 1. The van der Waals surface area contributed by atoms with Crippen LogP contribution in [0.2, 0.25) is 0 Å². The Balaban J connectivity index is 1.71. The predicted molar refractivity (Wildman–Crippen MR) is 91.9 cm³/mol. The lowest BCUT2D eigenvalue weighted by Gasteiger charge is -2.38. The van der Waals surface area contributed by atoms with Crippen molar-refractivity contribution in [2.24, 2.45) is 0 Å². The van der Waals surface area contributed by atoms with Gasteiger partial charge in [-0.3, -0.25) is 0 Å². The first-order valence-electron chi connectivity index (χ1n) is 7.34. The Morgan fingerprint density at radius 2 is 1.90 bits per heavy atom. The number of hydrogen-bond acceptors (Lipinski definition) is 3. The van der Waals surface area contributed by atoms with E-state index in [1.807, 2.05) is 0 Å². The fourth-order valence-electron chi connectivity index (χ4n) is 2.97. The van der Waals surface area contributed by atoms with Gasteiger partial charge in [0.2, 0.25) is 0 Å². The lowest BCUT2D eigenvalue weighted by molar-refractivity contribution is 0.0498. The molecule has 1 aliphatic heterocycles. The minimum atomic E-state index is 0.203. The largest absolute Gasteiger partial charge is 0.381 e. The highest BCUT2D eigenvalue weighted by atomic mass is 79.9. The molecular weight excluding hydrogens is 346 g/mol. The van der Waals surface area contributed by atoms with Crippen molar-refractivity contribution in [3.63, 3.8) is 0 Å².